The molecule has 2 aliphatic heterocycles. The molecule has 2 aliphatic rings. The smallest absolute Gasteiger partial charge is 0.328 e. The molecule has 0 spiro atoms. The number of halogens is 1. The summed E-state index contributed by atoms with van der Waals surface area (Å²) in [6, 6.07) is 8.47. The largest absolute Gasteiger partial charge is 0.508 e. The highest BCUT2D eigenvalue weighted by Gasteiger charge is 2.60. The van der Waals surface area contributed by atoms with Crippen molar-refractivity contribution in [2.24, 2.45) is 0 Å². The van der Waals surface area contributed by atoms with Crippen LogP contribution in [0.1, 0.15) is 36.2 Å². The van der Waals surface area contributed by atoms with Crippen LogP contribution in [0.2, 0.25) is 0 Å². The number of imide groups is 1. The van der Waals surface area contributed by atoms with E-state index >= 15 is 0 Å². The van der Waals surface area contributed by atoms with E-state index in [1.54, 1.807) is 42.2 Å². The first-order valence-corrected chi connectivity index (χ1v) is 11.9. The first-order valence-electron chi connectivity index (χ1n) is 11.9. The first kappa shape index (κ1) is 24.1. The lowest BCUT2D eigenvalue weighted by Gasteiger charge is -2.42. The Labute approximate surface area is 207 Å². The summed E-state index contributed by atoms with van der Waals surface area (Å²) >= 11 is 0. The minimum atomic E-state index is -1.17. The quantitative estimate of drug-likeness (QED) is 0.281. The number of fused-ring (bicyclic) bond motifs is 4. The molecule has 190 valence electrons. The molecule has 0 radical (unpaired) electrons. The van der Waals surface area contributed by atoms with Gasteiger partial charge in [-0.1, -0.05) is 12.1 Å². The molecule has 3 aromatic rings. The summed E-state index contributed by atoms with van der Waals surface area (Å²) in [5.74, 6) is -0.683. The molecule has 2 atom stereocenters. The Morgan fingerprint density at radius 1 is 1.25 bits per heavy atom. The van der Waals surface area contributed by atoms with Crippen molar-refractivity contribution in [1.82, 2.24) is 20.1 Å². The van der Waals surface area contributed by atoms with Crippen LogP contribution in [0.5, 0.6) is 11.5 Å². The highest BCUT2D eigenvalue weighted by Crippen LogP contribution is 2.49. The second-order valence-corrected chi connectivity index (χ2v) is 9.43. The zero-order valence-corrected chi connectivity index (χ0v) is 20.2. The Balaban J connectivity index is 1.62. The number of aliphatic hydroxyl groups is 1. The number of nitrogens with one attached hydrogen (secondary N) is 2. The van der Waals surface area contributed by atoms with E-state index in [0.717, 1.165) is 10.9 Å². The molecule has 5 rings (SSSR count). The summed E-state index contributed by atoms with van der Waals surface area (Å²) in [5.41, 5.74) is 1.49. The third kappa shape index (κ3) is 3.68. The van der Waals surface area contributed by atoms with Gasteiger partial charge in [0.25, 0.3) is 5.91 Å². The van der Waals surface area contributed by atoms with E-state index in [1.165, 1.54) is 18.1 Å². The number of aromatic hydroxyl groups is 1. The number of phenolic OH excluding ortho intramolecular Hbond substituents is 1. The Kier molecular flexibility index (Phi) is 6.09. The van der Waals surface area contributed by atoms with Crippen LogP contribution in [0.3, 0.4) is 0 Å². The molecular weight excluding hydrogens is 467 g/mol. The number of benzene rings is 2. The van der Waals surface area contributed by atoms with Crippen molar-refractivity contribution < 1.29 is 28.9 Å². The number of hydrogen-bond acceptors (Lipinski definition) is 6. The summed E-state index contributed by atoms with van der Waals surface area (Å²) in [6.45, 7) is 3.01. The number of carbonyl (C=O) groups excluding carboxylic acids is 2. The van der Waals surface area contributed by atoms with Crippen LogP contribution in [0.25, 0.3) is 10.9 Å². The van der Waals surface area contributed by atoms with E-state index in [2.05, 4.69) is 10.3 Å². The molecule has 0 bridgehead atoms. The maximum atomic E-state index is 14.5. The average Bonchev–Trinajstić information content (AvgIpc) is 3.28. The van der Waals surface area contributed by atoms with Gasteiger partial charge in [0.15, 0.2) is 11.6 Å². The number of nitrogens with zero attached hydrogens (tertiary/aromatic N) is 2. The lowest BCUT2D eigenvalue weighted by molar-refractivity contribution is -0.133. The van der Waals surface area contributed by atoms with Gasteiger partial charge in [-0.15, -0.1) is 0 Å². The number of hydrogen-bond donors (Lipinski definition) is 4. The van der Waals surface area contributed by atoms with Crippen molar-refractivity contribution in [3.05, 3.63) is 59.0 Å². The van der Waals surface area contributed by atoms with E-state index in [-0.39, 0.29) is 37.0 Å². The number of methoxy groups -OCH3 is 1. The zero-order valence-electron chi connectivity index (χ0n) is 20.2. The number of aromatic nitrogens is 1. The summed E-state index contributed by atoms with van der Waals surface area (Å²) in [6.07, 6.45) is 0.791. The second kappa shape index (κ2) is 9.11. The maximum absolute atomic E-state index is 14.5. The van der Waals surface area contributed by atoms with Crippen molar-refractivity contribution in [2.75, 3.05) is 33.4 Å². The Morgan fingerprint density at radius 3 is 2.78 bits per heavy atom. The number of H-pyrrole nitrogens is 1. The minimum absolute atomic E-state index is 0.0133. The van der Waals surface area contributed by atoms with Gasteiger partial charge in [0.05, 0.1) is 13.7 Å². The topological polar surface area (TPSA) is 118 Å². The average molecular weight is 497 g/mol. The van der Waals surface area contributed by atoms with Gasteiger partial charge in [0.1, 0.15) is 17.3 Å². The Hall–Kier alpha value is -3.63. The van der Waals surface area contributed by atoms with Gasteiger partial charge in [-0.25, -0.2) is 9.18 Å². The molecule has 4 N–H and O–H groups in total. The fraction of sp³-hybridized carbons (Fsp3) is 0.385. The number of amides is 3. The molecule has 0 unspecified atom stereocenters. The summed E-state index contributed by atoms with van der Waals surface area (Å²) in [7, 11) is 1.40. The van der Waals surface area contributed by atoms with E-state index in [0.29, 0.717) is 36.3 Å². The van der Waals surface area contributed by atoms with Gasteiger partial charge in [0, 0.05) is 42.2 Å². The predicted molar refractivity (Wildman–Crippen MR) is 130 cm³/mol. The second-order valence-electron chi connectivity index (χ2n) is 9.43. The highest BCUT2D eigenvalue weighted by molar-refractivity contribution is 6.08. The number of carbonyl (C=O) groups is 2. The van der Waals surface area contributed by atoms with Crippen LogP contribution in [0, 0.1) is 5.82 Å². The molecular formula is C26H29FN4O5. The van der Waals surface area contributed by atoms with Crippen molar-refractivity contribution in [1.29, 1.82) is 0 Å². The van der Waals surface area contributed by atoms with Crippen molar-refractivity contribution in [3.8, 4) is 11.5 Å². The Morgan fingerprint density at radius 2 is 2.06 bits per heavy atom. The highest BCUT2D eigenvalue weighted by atomic mass is 19.1. The van der Waals surface area contributed by atoms with E-state index < -0.39 is 23.4 Å². The summed E-state index contributed by atoms with van der Waals surface area (Å²) in [5, 5.41) is 22.9. The molecule has 0 aliphatic carbocycles. The molecule has 1 aromatic heterocycles. The number of aromatic amines is 1. The molecule has 1 fully saturated rings. The monoisotopic (exact) mass is 496 g/mol. The van der Waals surface area contributed by atoms with E-state index in [1.807, 2.05) is 0 Å². The molecule has 2 aromatic carbocycles. The molecule has 3 heterocycles. The van der Waals surface area contributed by atoms with E-state index in [4.69, 9.17) is 9.84 Å². The van der Waals surface area contributed by atoms with Gasteiger partial charge in [-0.2, -0.15) is 0 Å². The normalized spacial score (nSPS) is 21.3. The lowest BCUT2D eigenvalue weighted by Crippen LogP contribution is -2.53. The van der Waals surface area contributed by atoms with Crippen LogP contribution in [0.15, 0.2) is 36.4 Å². The SMILES string of the molecule is COc1cc2c3c([nH]c2cc1F)[C@@H](c1cccc(O)c1)N1C(=O)N(CCCNCCO)C(=O)[C@]1(C)C3. The fourth-order valence-corrected chi connectivity index (χ4v) is 5.48. The molecule has 0 saturated carbocycles. The van der Waals surface area contributed by atoms with Gasteiger partial charge in [0.2, 0.25) is 0 Å². The first-order chi connectivity index (χ1) is 17.3. The molecule has 9 nitrogen and oxygen atoms in total. The number of ether oxygens (including phenoxy) is 1. The number of aliphatic hydroxyl groups excluding tert-OH is 1. The molecule has 36 heavy (non-hydrogen) atoms. The summed E-state index contributed by atoms with van der Waals surface area (Å²) in [4.78, 5) is 33.6. The van der Waals surface area contributed by atoms with Crippen molar-refractivity contribution in [2.45, 2.75) is 31.3 Å². The van der Waals surface area contributed by atoms with Gasteiger partial charge in [-0.05, 0) is 49.2 Å². The standard InChI is InChI=1S/C26H29FN4O5/c1-26-14-18-17-12-21(36-2)19(27)13-20(17)29-22(18)23(15-5-3-6-16(33)11-15)31(26)25(35)30(24(26)34)9-4-7-28-8-10-32/h3,5-6,11-13,23,28-29,32-33H,4,7-10,14H2,1-2H3/t23-,26+/m1/s1. The third-order valence-electron chi connectivity index (χ3n) is 7.15. The van der Waals surface area contributed by atoms with Crippen LogP contribution in [-0.4, -0.2) is 75.8 Å². The zero-order chi connectivity index (χ0) is 25.6. The van der Waals surface area contributed by atoms with Crippen LogP contribution >= 0.6 is 0 Å². The van der Waals surface area contributed by atoms with E-state index in [9.17, 15) is 19.1 Å². The lowest BCUT2D eigenvalue weighted by atomic mass is 9.81. The maximum Gasteiger partial charge on any atom is 0.328 e. The summed E-state index contributed by atoms with van der Waals surface area (Å²) < 4.78 is 19.7. The number of rotatable bonds is 8. The van der Waals surface area contributed by atoms with Crippen molar-refractivity contribution >= 4 is 22.8 Å². The third-order valence-corrected chi connectivity index (χ3v) is 7.15. The minimum Gasteiger partial charge on any atom is -0.508 e. The molecule has 10 heteroatoms. The molecule has 3 amide bonds. The van der Waals surface area contributed by atoms with Gasteiger partial charge < -0.3 is 25.3 Å². The van der Waals surface area contributed by atoms with Gasteiger partial charge in [-0.3, -0.25) is 14.6 Å². The van der Waals surface area contributed by atoms with Crippen LogP contribution in [0.4, 0.5) is 9.18 Å². The number of urea groups is 1. The Bertz CT molecular complexity index is 1340. The van der Waals surface area contributed by atoms with Gasteiger partial charge >= 0.3 is 6.03 Å². The predicted octanol–water partition coefficient (Wildman–Crippen LogP) is 2.66. The van der Waals surface area contributed by atoms with Crippen molar-refractivity contribution in [3.63, 3.8) is 0 Å². The number of phenols is 1. The van der Waals surface area contributed by atoms with Crippen LogP contribution < -0.4 is 10.1 Å². The molecule has 1 saturated heterocycles. The fourth-order valence-electron chi connectivity index (χ4n) is 5.48. The van der Waals surface area contributed by atoms with Crippen LogP contribution in [-0.2, 0) is 11.2 Å².